The fourth-order valence-electron chi connectivity index (χ4n) is 2.03. The van der Waals surface area contributed by atoms with Gasteiger partial charge in [0, 0.05) is 17.6 Å². The molecule has 0 aliphatic rings. The van der Waals surface area contributed by atoms with Crippen molar-refractivity contribution in [3.63, 3.8) is 0 Å². The molecule has 0 atom stereocenters. The Bertz CT molecular complexity index is 665. The van der Waals surface area contributed by atoms with Crippen LogP contribution in [-0.2, 0) is 4.74 Å². The monoisotopic (exact) mass is 277 g/mol. The van der Waals surface area contributed by atoms with Crippen LogP contribution < -0.4 is 4.74 Å². The van der Waals surface area contributed by atoms with Crippen molar-refractivity contribution in [3.8, 4) is 11.5 Å². The number of phenolic OH excluding ortho intramolecular Hbond substituents is 1. The summed E-state index contributed by atoms with van der Waals surface area (Å²) in [7, 11) is 1.47. The smallest absolute Gasteiger partial charge is 0.419 e. The zero-order chi connectivity index (χ0) is 15.1. The number of benzene rings is 1. The number of hydrogen-bond donors (Lipinski definition) is 1. The van der Waals surface area contributed by atoms with Crippen molar-refractivity contribution in [2.75, 3.05) is 7.11 Å². The Morgan fingerprint density at radius 2 is 1.95 bits per heavy atom. The van der Waals surface area contributed by atoms with E-state index in [9.17, 15) is 9.90 Å². The molecule has 1 N–H and O–H groups in total. The highest BCUT2D eigenvalue weighted by Crippen LogP contribution is 2.33. The van der Waals surface area contributed by atoms with Gasteiger partial charge >= 0.3 is 6.09 Å². The molecule has 1 heterocycles. The molecule has 0 saturated heterocycles. The van der Waals surface area contributed by atoms with Crippen LogP contribution in [0.5, 0.6) is 11.5 Å². The van der Waals surface area contributed by atoms with Crippen LogP contribution in [0, 0.1) is 6.92 Å². The summed E-state index contributed by atoms with van der Waals surface area (Å²) in [4.78, 5) is 12.2. The third-order valence-corrected chi connectivity index (χ3v) is 2.89. The van der Waals surface area contributed by atoms with Gasteiger partial charge in [-0.1, -0.05) is 0 Å². The molecule has 5 nitrogen and oxygen atoms in total. The van der Waals surface area contributed by atoms with Crippen LogP contribution in [0.1, 0.15) is 26.3 Å². The fraction of sp³-hybridized carbons (Fsp3) is 0.400. The number of ether oxygens (including phenoxy) is 2. The zero-order valence-electron chi connectivity index (χ0n) is 12.4. The standard InChI is InChI=1S/C15H19NO4/c1-9-8-16(14(18)20-15(2,3)4)11-7-13(19-5)12(17)6-10(9)11/h6-8,17H,1-5H3. The lowest BCUT2D eigenvalue weighted by atomic mass is 10.2. The molecule has 0 radical (unpaired) electrons. The largest absolute Gasteiger partial charge is 0.504 e. The van der Waals surface area contributed by atoms with Gasteiger partial charge in [-0.15, -0.1) is 0 Å². The maximum absolute atomic E-state index is 12.2. The lowest BCUT2D eigenvalue weighted by Crippen LogP contribution is -2.26. The number of carbonyl (C=O) groups is 1. The molecule has 2 aromatic rings. The summed E-state index contributed by atoms with van der Waals surface area (Å²) in [6, 6.07) is 3.21. The van der Waals surface area contributed by atoms with Crippen molar-refractivity contribution in [2.24, 2.45) is 0 Å². The minimum Gasteiger partial charge on any atom is -0.504 e. The van der Waals surface area contributed by atoms with Crippen LogP contribution in [-0.4, -0.2) is 28.5 Å². The van der Waals surface area contributed by atoms with E-state index in [0.29, 0.717) is 11.3 Å². The van der Waals surface area contributed by atoms with Gasteiger partial charge < -0.3 is 14.6 Å². The van der Waals surface area contributed by atoms with Gasteiger partial charge in [-0.05, 0) is 39.3 Å². The first-order chi connectivity index (χ1) is 9.23. The van der Waals surface area contributed by atoms with Crippen molar-refractivity contribution < 1.29 is 19.4 Å². The van der Waals surface area contributed by atoms with E-state index >= 15 is 0 Å². The highest BCUT2D eigenvalue weighted by Gasteiger charge is 2.21. The van der Waals surface area contributed by atoms with Crippen LogP contribution in [0.4, 0.5) is 4.79 Å². The molecular formula is C15H19NO4. The molecule has 0 aliphatic carbocycles. The number of nitrogens with zero attached hydrogens (tertiary/aromatic N) is 1. The second-order valence-electron chi connectivity index (χ2n) is 5.70. The highest BCUT2D eigenvalue weighted by molar-refractivity contribution is 5.93. The number of aromatic nitrogens is 1. The molecular weight excluding hydrogens is 258 g/mol. The third-order valence-electron chi connectivity index (χ3n) is 2.89. The number of aromatic hydroxyl groups is 1. The van der Waals surface area contributed by atoms with Gasteiger partial charge in [0.25, 0.3) is 0 Å². The fourth-order valence-corrected chi connectivity index (χ4v) is 2.03. The summed E-state index contributed by atoms with van der Waals surface area (Å²) in [5, 5.41) is 10.6. The predicted molar refractivity (Wildman–Crippen MR) is 76.5 cm³/mol. The molecule has 5 heteroatoms. The van der Waals surface area contributed by atoms with Crippen LogP contribution in [0.3, 0.4) is 0 Å². The number of phenols is 1. The Kier molecular flexibility index (Phi) is 3.38. The zero-order valence-corrected chi connectivity index (χ0v) is 12.4. The molecule has 0 aliphatic heterocycles. The van der Waals surface area contributed by atoms with Crippen LogP contribution in [0.2, 0.25) is 0 Å². The van der Waals surface area contributed by atoms with E-state index in [1.807, 2.05) is 27.7 Å². The van der Waals surface area contributed by atoms with E-state index in [-0.39, 0.29) is 5.75 Å². The normalized spacial score (nSPS) is 11.7. The SMILES string of the molecule is COc1cc2c(cc1O)c(C)cn2C(=O)OC(C)(C)C. The maximum atomic E-state index is 12.2. The second kappa shape index (κ2) is 4.74. The molecule has 0 saturated carbocycles. The quantitative estimate of drug-likeness (QED) is 0.867. The van der Waals surface area contributed by atoms with Gasteiger partial charge in [-0.25, -0.2) is 4.79 Å². The molecule has 0 amide bonds. The second-order valence-corrected chi connectivity index (χ2v) is 5.70. The predicted octanol–water partition coefficient (Wildman–Crippen LogP) is 3.45. The first-order valence-corrected chi connectivity index (χ1v) is 6.35. The molecule has 20 heavy (non-hydrogen) atoms. The Morgan fingerprint density at radius 3 is 2.50 bits per heavy atom. The first-order valence-electron chi connectivity index (χ1n) is 6.35. The summed E-state index contributed by atoms with van der Waals surface area (Å²) in [6.07, 6.45) is 1.24. The van der Waals surface area contributed by atoms with Gasteiger partial charge in [-0.2, -0.15) is 0 Å². The molecule has 0 bridgehead atoms. The Labute approximate surface area is 117 Å². The summed E-state index contributed by atoms with van der Waals surface area (Å²) in [5.41, 5.74) is 0.956. The van der Waals surface area contributed by atoms with Crippen molar-refractivity contribution in [3.05, 3.63) is 23.9 Å². The molecule has 1 aromatic heterocycles. The van der Waals surface area contributed by atoms with E-state index in [1.54, 1.807) is 18.3 Å². The lowest BCUT2D eigenvalue weighted by Gasteiger charge is -2.19. The summed E-state index contributed by atoms with van der Waals surface area (Å²) in [5.74, 6) is 0.366. The average Bonchev–Trinajstić information content (AvgIpc) is 2.63. The van der Waals surface area contributed by atoms with Gasteiger partial charge in [0.2, 0.25) is 0 Å². The lowest BCUT2D eigenvalue weighted by molar-refractivity contribution is 0.0544. The molecule has 0 fully saturated rings. The van der Waals surface area contributed by atoms with E-state index in [2.05, 4.69) is 0 Å². The van der Waals surface area contributed by atoms with E-state index < -0.39 is 11.7 Å². The van der Waals surface area contributed by atoms with E-state index in [1.165, 1.54) is 11.7 Å². The molecule has 2 rings (SSSR count). The summed E-state index contributed by atoms with van der Waals surface area (Å²) < 4.78 is 11.9. The number of aryl methyl sites for hydroxylation is 1. The average molecular weight is 277 g/mol. The molecule has 0 spiro atoms. The molecule has 0 unspecified atom stereocenters. The van der Waals surface area contributed by atoms with Crippen LogP contribution >= 0.6 is 0 Å². The van der Waals surface area contributed by atoms with Gasteiger partial charge in [0.15, 0.2) is 11.5 Å². The number of fused-ring (bicyclic) bond motifs is 1. The summed E-state index contributed by atoms with van der Waals surface area (Å²) >= 11 is 0. The van der Waals surface area contributed by atoms with Gasteiger partial charge in [0.1, 0.15) is 5.60 Å². The van der Waals surface area contributed by atoms with E-state index in [0.717, 1.165) is 10.9 Å². The number of hydrogen-bond acceptors (Lipinski definition) is 4. The minimum atomic E-state index is -0.567. The van der Waals surface area contributed by atoms with Crippen LogP contribution in [0.15, 0.2) is 18.3 Å². The van der Waals surface area contributed by atoms with Crippen molar-refractivity contribution in [2.45, 2.75) is 33.3 Å². The Morgan fingerprint density at radius 1 is 1.30 bits per heavy atom. The van der Waals surface area contributed by atoms with Gasteiger partial charge in [0.05, 0.1) is 12.6 Å². The molecule has 108 valence electrons. The maximum Gasteiger partial charge on any atom is 0.419 e. The first kappa shape index (κ1) is 14.2. The third kappa shape index (κ3) is 2.57. The number of methoxy groups -OCH3 is 1. The van der Waals surface area contributed by atoms with Crippen molar-refractivity contribution >= 4 is 17.0 Å². The number of carbonyl (C=O) groups excluding carboxylic acids is 1. The molecule has 1 aromatic carbocycles. The van der Waals surface area contributed by atoms with Crippen molar-refractivity contribution in [1.29, 1.82) is 0 Å². The summed E-state index contributed by atoms with van der Waals surface area (Å²) in [6.45, 7) is 7.32. The number of rotatable bonds is 1. The van der Waals surface area contributed by atoms with Gasteiger partial charge in [-0.3, -0.25) is 4.57 Å². The van der Waals surface area contributed by atoms with Crippen molar-refractivity contribution in [1.82, 2.24) is 4.57 Å². The van der Waals surface area contributed by atoms with Crippen LogP contribution in [0.25, 0.3) is 10.9 Å². The Hall–Kier alpha value is -2.17. The highest BCUT2D eigenvalue weighted by atomic mass is 16.6. The Balaban J connectivity index is 2.57. The minimum absolute atomic E-state index is 0.0463. The van der Waals surface area contributed by atoms with E-state index in [4.69, 9.17) is 9.47 Å². The topological polar surface area (TPSA) is 60.7 Å².